The van der Waals surface area contributed by atoms with Gasteiger partial charge in [0.2, 0.25) is 4.90 Å². The Hall–Kier alpha value is -2.29. The number of carbonyl (C=O) groups excluding carboxylic acids is 1. The smallest absolute Gasteiger partial charge is 0.253 e. The van der Waals surface area contributed by atoms with E-state index in [1.807, 2.05) is 36.1 Å². The van der Waals surface area contributed by atoms with Crippen molar-refractivity contribution in [3.05, 3.63) is 53.9 Å². The molecule has 2 aliphatic rings. The quantitative estimate of drug-likeness (QED) is 0.731. The van der Waals surface area contributed by atoms with E-state index in [2.05, 4.69) is 15.0 Å². The lowest BCUT2D eigenvalue weighted by atomic mass is 9.88. The number of amides is 1. The summed E-state index contributed by atoms with van der Waals surface area (Å²) in [6.45, 7) is 3.30. The molecule has 0 saturated carbocycles. The maximum atomic E-state index is 12.9. The summed E-state index contributed by atoms with van der Waals surface area (Å²) < 4.78 is 27.7. The Morgan fingerprint density at radius 3 is 2.85 bits per heavy atom. The van der Waals surface area contributed by atoms with Crippen molar-refractivity contribution in [3.63, 3.8) is 0 Å². The summed E-state index contributed by atoms with van der Waals surface area (Å²) in [6, 6.07) is 9.19. The first-order valence-electron chi connectivity index (χ1n) is 8.96. The van der Waals surface area contributed by atoms with Crippen molar-refractivity contribution in [2.24, 2.45) is 0 Å². The number of sulfonamides is 1. The second kappa shape index (κ2) is 6.70. The molecule has 2 aromatic rings. The minimum atomic E-state index is -3.63. The molecule has 2 aliphatic heterocycles. The molecule has 2 N–H and O–H groups in total. The SMILES string of the molecule is Cc1ccc(C(=O)N2CCCC3(CN[S+](=O)([O-])c4cnccc4N3)C2)cc1. The number of aryl methyl sites for hydroxylation is 1. The molecule has 27 heavy (non-hydrogen) atoms. The van der Waals surface area contributed by atoms with Gasteiger partial charge in [-0.3, -0.25) is 9.78 Å². The van der Waals surface area contributed by atoms with E-state index in [0.29, 0.717) is 24.3 Å². The number of carbonyl (C=O) groups is 1. The van der Waals surface area contributed by atoms with E-state index >= 15 is 0 Å². The van der Waals surface area contributed by atoms with Crippen molar-refractivity contribution < 1.29 is 13.6 Å². The first kappa shape index (κ1) is 18.1. The van der Waals surface area contributed by atoms with Crippen LogP contribution in [0.1, 0.15) is 28.8 Å². The topological polar surface area (TPSA) is 97.4 Å². The Kier molecular flexibility index (Phi) is 4.49. The molecular weight excluding hydrogens is 364 g/mol. The van der Waals surface area contributed by atoms with Crippen LogP contribution in [0.2, 0.25) is 0 Å². The van der Waals surface area contributed by atoms with Crippen LogP contribution in [0, 0.1) is 6.92 Å². The van der Waals surface area contributed by atoms with Crippen LogP contribution in [0.4, 0.5) is 5.69 Å². The van der Waals surface area contributed by atoms with Gasteiger partial charge in [-0.2, -0.15) is 0 Å². The van der Waals surface area contributed by atoms with Gasteiger partial charge >= 0.3 is 0 Å². The molecule has 0 radical (unpaired) electrons. The van der Waals surface area contributed by atoms with E-state index in [0.717, 1.165) is 18.4 Å². The van der Waals surface area contributed by atoms with Crippen molar-refractivity contribution in [2.45, 2.75) is 30.2 Å². The largest absolute Gasteiger partial charge is 0.593 e. The number of anilines is 1. The van der Waals surface area contributed by atoms with Crippen LogP contribution < -0.4 is 10.0 Å². The van der Waals surface area contributed by atoms with Gasteiger partial charge in [-0.25, -0.2) is 0 Å². The second-order valence-corrected chi connectivity index (χ2v) is 9.03. The molecule has 1 fully saturated rings. The van der Waals surface area contributed by atoms with Gasteiger partial charge in [-0.05, 0) is 38.0 Å². The van der Waals surface area contributed by atoms with Crippen molar-refractivity contribution in [1.29, 1.82) is 0 Å². The molecule has 1 aromatic carbocycles. The zero-order valence-corrected chi connectivity index (χ0v) is 15.9. The third-order valence-corrected chi connectivity index (χ3v) is 6.67. The van der Waals surface area contributed by atoms with Crippen LogP contribution in [-0.2, 0) is 14.6 Å². The fourth-order valence-electron chi connectivity index (χ4n) is 3.77. The first-order valence-corrected chi connectivity index (χ1v) is 10.4. The maximum absolute atomic E-state index is 12.9. The number of piperidine rings is 1. The lowest BCUT2D eigenvalue weighted by Crippen LogP contribution is -2.59. The number of rotatable bonds is 1. The normalized spacial score (nSPS) is 27.6. The van der Waals surface area contributed by atoms with Crippen molar-refractivity contribution in [1.82, 2.24) is 14.6 Å². The number of hydrogen-bond donors (Lipinski definition) is 2. The van der Waals surface area contributed by atoms with Crippen molar-refractivity contribution in [3.8, 4) is 0 Å². The summed E-state index contributed by atoms with van der Waals surface area (Å²) in [5.41, 5.74) is 1.74. The van der Waals surface area contributed by atoms with Gasteiger partial charge in [-0.15, -0.1) is 4.72 Å². The number of fused-ring (bicyclic) bond motifs is 1. The van der Waals surface area contributed by atoms with Crippen LogP contribution in [0.3, 0.4) is 0 Å². The zero-order chi connectivity index (χ0) is 19.1. The van der Waals surface area contributed by atoms with Crippen LogP contribution in [0.5, 0.6) is 0 Å². The Labute approximate surface area is 159 Å². The van der Waals surface area contributed by atoms with Crippen LogP contribution in [0.25, 0.3) is 0 Å². The molecule has 2 atom stereocenters. The van der Waals surface area contributed by atoms with Gasteiger partial charge < -0.3 is 14.8 Å². The number of nitrogens with one attached hydrogen (secondary N) is 2. The highest BCUT2D eigenvalue weighted by molar-refractivity contribution is 7.96. The number of nitrogens with zero attached hydrogens (tertiary/aromatic N) is 2. The number of aromatic nitrogens is 1. The molecule has 0 aliphatic carbocycles. The highest BCUT2D eigenvalue weighted by Gasteiger charge is 2.43. The molecule has 1 saturated heterocycles. The van der Waals surface area contributed by atoms with Gasteiger partial charge in [0.1, 0.15) is 0 Å². The molecule has 0 bridgehead atoms. The van der Waals surface area contributed by atoms with Gasteiger partial charge in [-0.1, -0.05) is 21.9 Å². The fraction of sp³-hybridized carbons (Fsp3) is 0.368. The molecular formula is C19H22N4O3S. The van der Waals surface area contributed by atoms with E-state index in [9.17, 15) is 13.6 Å². The van der Waals surface area contributed by atoms with Crippen molar-refractivity contribution in [2.75, 3.05) is 25.0 Å². The van der Waals surface area contributed by atoms with Crippen molar-refractivity contribution >= 4 is 22.0 Å². The molecule has 1 spiro atoms. The maximum Gasteiger partial charge on any atom is 0.253 e. The molecule has 142 valence electrons. The molecule has 3 heterocycles. The number of pyridine rings is 1. The minimum absolute atomic E-state index is 0.0297. The Balaban J connectivity index is 1.61. The highest BCUT2D eigenvalue weighted by atomic mass is 32.3. The average molecular weight is 386 g/mol. The Morgan fingerprint density at radius 1 is 1.30 bits per heavy atom. The van der Waals surface area contributed by atoms with Crippen LogP contribution in [-0.4, -0.2) is 45.5 Å². The monoisotopic (exact) mass is 386 g/mol. The average Bonchev–Trinajstić information content (AvgIpc) is 2.77. The highest BCUT2D eigenvalue weighted by Crippen LogP contribution is 2.34. The van der Waals surface area contributed by atoms with Gasteiger partial charge in [0.05, 0.1) is 24.0 Å². The van der Waals surface area contributed by atoms with Crippen LogP contribution in [0.15, 0.2) is 47.6 Å². The van der Waals surface area contributed by atoms with Gasteiger partial charge in [0.25, 0.3) is 5.91 Å². The summed E-state index contributed by atoms with van der Waals surface area (Å²) in [5.74, 6) is -0.0297. The lowest BCUT2D eigenvalue weighted by molar-refractivity contribution is 0.0663. The predicted molar refractivity (Wildman–Crippen MR) is 102 cm³/mol. The Bertz CT molecular complexity index is 917. The minimum Gasteiger partial charge on any atom is -0.593 e. The van der Waals surface area contributed by atoms with E-state index in [4.69, 9.17) is 0 Å². The molecule has 8 heteroatoms. The number of likely N-dealkylation sites (tertiary alicyclic amines) is 1. The van der Waals surface area contributed by atoms with E-state index < -0.39 is 15.9 Å². The molecule has 2 unspecified atom stereocenters. The zero-order valence-electron chi connectivity index (χ0n) is 15.1. The van der Waals surface area contributed by atoms with E-state index in [-0.39, 0.29) is 17.3 Å². The van der Waals surface area contributed by atoms with Gasteiger partial charge in [0, 0.05) is 24.8 Å². The summed E-state index contributed by atoms with van der Waals surface area (Å²) in [6.07, 6.45) is 4.49. The summed E-state index contributed by atoms with van der Waals surface area (Å²) >= 11 is 0. The third kappa shape index (κ3) is 3.47. The molecule has 1 amide bonds. The van der Waals surface area contributed by atoms with Crippen LogP contribution >= 0.6 is 0 Å². The Morgan fingerprint density at radius 2 is 2.07 bits per heavy atom. The fourth-order valence-corrected chi connectivity index (χ4v) is 5.00. The third-order valence-electron chi connectivity index (χ3n) is 5.24. The number of benzene rings is 1. The first-order chi connectivity index (χ1) is 12.9. The molecule has 7 nitrogen and oxygen atoms in total. The lowest BCUT2D eigenvalue weighted by Gasteiger charge is -2.42. The number of hydrogen-bond acceptors (Lipinski definition) is 5. The van der Waals surface area contributed by atoms with Gasteiger partial charge in [0.15, 0.2) is 10.4 Å². The van der Waals surface area contributed by atoms with E-state index in [1.54, 1.807) is 12.3 Å². The summed E-state index contributed by atoms with van der Waals surface area (Å²) in [5, 5.41) is 3.40. The summed E-state index contributed by atoms with van der Waals surface area (Å²) in [4.78, 5) is 18.8. The molecule has 4 rings (SSSR count). The summed E-state index contributed by atoms with van der Waals surface area (Å²) in [7, 11) is -3.63. The predicted octanol–water partition coefficient (Wildman–Crippen LogP) is 1.98. The van der Waals surface area contributed by atoms with E-state index in [1.165, 1.54) is 6.20 Å². The second-order valence-electron chi connectivity index (χ2n) is 7.30. The molecule has 1 aromatic heterocycles. The standard InChI is InChI=1S/C19H22N4O3S/c1-14-3-5-15(6-4-14)18(24)23-10-2-8-19(13-23)12-21-27(25,26)17-11-20-9-7-16(17)22-19/h3-7,9,11H,2,8,10,12-13H2,1H3,(H2-,20,21,22,25,26).